The number of sulfonamides is 1. The molecule has 0 radical (unpaired) electrons. The van der Waals surface area contributed by atoms with E-state index in [1.165, 1.54) is 10.4 Å². The standard InChI is InChI=1S/C17H17BrN2O3S/c1-11-15-9-14(7-8-16(15)19-17(11)21)24(22,23)20(2)10-12-3-5-13(18)6-4-12/h3-9,11H,10H2,1-2H3,(H,19,21)/t11-/m1/s1. The number of carbonyl (C=O) groups excluding carboxylic acids is 1. The van der Waals surface area contributed by atoms with Crippen molar-refractivity contribution >= 4 is 37.5 Å². The molecule has 3 rings (SSSR count). The van der Waals surface area contributed by atoms with Crippen LogP contribution in [0, 0.1) is 0 Å². The number of nitrogens with zero attached hydrogens (tertiary/aromatic N) is 1. The zero-order chi connectivity index (χ0) is 17.5. The van der Waals surface area contributed by atoms with Gasteiger partial charge in [0.2, 0.25) is 15.9 Å². The van der Waals surface area contributed by atoms with E-state index in [9.17, 15) is 13.2 Å². The molecule has 2 aromatic carbocycles. The Labute approximate surface area is 149 Å². The Morgan fingerprint density at radius 2 is 1.83 bits per heavy atom. The van der Waals surface area contributed by atoms with E-state index in [4.69, 9.17) is 0 Å². The molecule has 1 amide bonds. The Morgan fingerprint density at radius 3 is 2.50 bits per heavy atom. The van der Waals surface area contributed by atoms with Crippen LogP contribution < -0.4 is 5.32 Å². The molecule has 0 fully saturated rings. The highest BCUT2D eigenvalue weighted by molar-refractivity contribution is 9.10. The molecule has 0 saturated heterocycles. The molecule has 0 unspecified atom stereocenters. The largest absolute Gasteiger partial charge is 0.325 e. The third-order valence-corrected chi connectivity index (χ3v) is 6.50. The van der Waals surface area contributed by atoms with E-state index in [1.807, 2.05) is 24.3 Å². The van der Waals surface area contributed by atoms with Crippen molar-refractivity contribution in [1.82, 2.24) is 4.31 Å². The Morgan fingerprint density at radius 1 is 1.17 bits per heavy atom. The molecule has 7 heteroatoms. The molecule has 1 aliphatic rings. The number of halogens is 1. The van der Waals surface area contributed by atoms with Gasteiger partial charge < -0.3 is 5.32 Å². The van der Waals surface area contributed by atoms with Crippen molar-refractivity contribution in [1.29, 1.82) is 0 Å². The van der Waals surface area contributed by atoms with Crippen LogP contribution in [0.1, 0.15) is 24.0 Å². The third-order valence-electron chi connectivity index (χ3n) is 4.17. The number of nitrogens with one attached hydrogen (secondary N) is 1. The summed E-state index contributed by atoms with van der Waals surface area (Å²) in [5, 5.41) is 2.75. The number of carbonyl (C=O) groups is 1. The van der Waals surface area contributed by atoms with E-state index in [1.54, 1.807) is 26.1 Å². The van der Waals surface area contributed by atoms with Crippen LogP contribution in [0.3, 0.4) is 0 Å². The van der Waals surface area contributed by atoms with Crippen molar-refractivity contribution in [2.24, 2.45) is 0 Å². The van der Waals surface area contributed by atoms with Crippen LogP contribution in [0.25, 0.3) is 0 Å². The van der Waals surface area contributed by atoms with Gasteiger partial charge in [-0.2, -0.15) is 4.31 Å². The average molecular weight is 409 g/mol. The van der Waals surface area contributed by atoms with Crippen LogP contribution in [0.15, 0.2) is 51.8 Å². The molecule has 2 aromatic rings. The highest BCUT2D eigenvalue weighted by Gasteiger charge is 2.29. The van der Waals surface area contributed by atoms with Crippen LogP contribution >= 0.6 is 15.9 Å². The lowest BCUT2D eigenvalue weighted by molar-refractivity contribution is -0.116. The number of rotatable bonds is 4. The molecular formula is C17H17BrN2O3S. The number of fused-ring (bicyclic) bond motifs is 1. The van der Waals surface area contributed by atoms with E-state index in [0.29, 0.717) is 5.69 Å². The summed E-state index contributed by atoms with van der Waals surface area (Å²) in [5.41, 5.74) is 2.30. The summed E-state index contributed by atoms with van der Waals surface area (Å²) in [6.45, 7) is 2.04. The predicted octanol–water partition coefficient (Wildman–Crippen LogP) is 3.33. The maximum atomic E-state index is 12.8. The molecule has 0 saturated carbocycles. The molecule has 0 aliphatic carbocycles. The summed E-state index contributed by atoms with van der Waals surface area (Å²) >= 11 is 3.36. The van der Waals surface area contributed by atoms with Gasteiger partial charge in [0.05, 0.1) is 10.8 Å². The van der Waals surface area contributed by atoms with Crippen molar-refractivity contribution in [3.05, 3.63) is 58.1 Å². The van der Waals surface area contributed by atoms with Gasteiger partial charge in [-0.1, -0.05) is 28.1 Å². The smallest absolute Gasteiger partial charge is 0.243 e. The molecule has 1 heterocycles. The highest BCUT2D eigenvalue weighted by Crippen LogP contribution is 2.34. The van der Waals surface area contributed by atoms with Gasteiger partial charge in [-0.3, -0.25) is 4.79 Å². The normalized spacial score (nSPS) is 17.0. The van der Waals surface area contributed by atoms with Crippen molar-refractivity contribution in [3.8, 4) is 0 Å². The second kappa shape index (κ2) is 6.31. The van der Waals surface area contributed by atoms with Gasteiger partial charge in [0.15, 0.2) is 0 Å². The monoisotopic (exact) mass is 408 g/mol. The molecule has 0 aromatic heterocycles. The quantitative estimate of drug-likeness (QED) is 0.843. The van der Waals surface area contributed by atoms with Crippen molar-refractivity contribution in [2.45, 2.75) is 24.3 Å². The lowest BCUT2D eigenvalue weighted by Crippen LogP contribution is -2.26. The number of hydrogen-bond acceptors (Lipinski definition) is 3. The fourth-order valence-electron chi connectivity index (χ4n) is 2.67. The van der Waals surface area contributed by atoms with Gasteiger partial charge in [0.25, 0.3) is 0 Å². The van der Waals surface area contributed by atoms with Crippen molar-refractivity contribution < 1.29 is 13.2 Å². The summed E-state index contributed by atoms with van der Waals surface area (Å²) in [4.78, 5) is 11.9. The van der Waals surface area contributed by atoms with Crippen LogP contribution in [-0.2, 0) is 21.4 Å². The number of amides is 1. The fourth-order valence-corrected chi connectivity index (χ4v) is 4.13. The predicted molar refractivity (Wildman–Crippen MR) is 96.3 cm³/mol. The minimum absolute atomic E-state index is 0.109. The summed E-state index contributed by atoms with van der Waals surface area (Å²) < 4.78 is 27.9. The van der Waals surface area contributed by atoms with E-state index in [-0.39, 0.29) is 23.3 Å². The molecule has 0 spiro atoms. The first-order valence-electron chi connectivity index (χ1n) is 7.44. The first-order valence-corrected chi connectivity index (χ1v) is 9.68. The maximum Gasteiger partial charge on any atom is 0.243 e. The fraction of sp³-hybridized carbons (Fsp3) is 0.235. The number of anilines is 1. The first kappa shape index (κ1) is 17.1. The molecule has 24 heavy (non-hydrogen) atoms. The van der Waals surface area contributed by atoms with Crippen molar-refractivity contribution in [3.63, 3.8) is 0 Å². The minimum Gasteiger partial charge on any atom is -0.325 e. The highest BCUT2D eigenvalue weighted by atomic mass is 79.9. The third kappa shape index (κ3) is 3.11. The number of benzene rings is 2. The van der Waals surface area contributed by atoms with E-state index in [0.717, 1.165) is 15.6 Å². The second-order valence-corrected chi connectivity index (χ2v) is 8.81. The SMILES string of the molecule is C[C@H]1C(=O)Nc2ccc(S(=O)(=O)N(C)Cc3ccc(Br)cc3)cc21. The van der Waals surface area contributed by atoms with Gasteiger partial charge >= 0.3 is 0 Å². The zero-order valence-electron chi connectivity index (χ0n) is 13.3. The van der Waals surface area contributed by atoms with Crippen LogP contribution in [-0.4, -0.2) is 25.7 Å². The first-order chi connectivity index (χ1) is 11.3. The van der Waals surface area contributed by atoms with E-state index < -0.39 is 10.0 Å². The minimum atomic E-state index is -3.63. The summed E-state index contributed by atoms with van der Waals surface area (Å²) in [6, 6.07) is 12.3. The molecule has 1 atom stereocenters. The Kier molecular flexibility index (Phi) is 4.50. The second-order valence-electron chi connectivity index (χ2n) is 5.85. The summed E-state index contributed by atoms with van der Waals surface area (Å²) in [7, 11) is -2.07. The Bertz CT molecular complexity index is 895. The summed E-state index contributed by atoms with van der Waals surface area (Å²) in [5.74, 6) is -0.449. The van der Waals surface area contributed by atoms with Crippen molar-refractivity contribution in [2.75, 3.05) is 12.4 Å². The van der Waals surface area contributed by atoms with E-state index >= 15 is 0 Å². The Balaban J connectivity index is 1.88. The summed E-state index contributed by atoms with van der Waals surface area (Å²) in [6.07, 6.45) is 0. The molecule has 5 nitrogen and oxygen atoms in total. The molecule has 126 valence electrons. The topological polar surface area (TPSA) is 66.5 Å². The van der Waals surface area contributed by atoms with Crippen LogP contribution in [0.5, 0.6) is 0 Å². The molecule has 1 aliphatic heterocycles. The molecule has 1 N–H and O–H groups in total. The lowest BCUT2D eigenvalue weighted by Gasteiger charge is -2.18. The number of hydrogen-bond donors (Lipinski definition) is 1. The van der Waals surface area contributed by atoms with Crippen LogP contribution in [0.2, 0.25) is 0 Å². The van der Waals surface area contributed by atoms with Gasteiger partial charge in [0, 0.05) is 23.8 Å². The Hall–Kier alpha value is -1.70. The van der Waals surface area contributed by atoms with E-state index in [2.05, 4.69) is 21.2 Å². The van der Waals surface area contributed by atoms with Gasteiger partial charge in [-0.25, -0.2) is 8.42 Å². The van der Waals surface area contributed by atoms with Gasteiger partial charge in [-0.05, 0) is 48.4 Å². The average Bonchev–Trinajstić information content (AvgIpc) is 2.84. The van der Waals surface area contributed by atoms with Crippen LogP contribution in [0.4, 0.5) is 5.69 Å². The zero-order valence-corrected chi connectivity index (χ0v) is 15.7. The van der Waals surface area contributed by atoms with Gasteiger partial charge in [-0.15, -0.1) is 0 Å². The van der Waals surface area contributed by atoms with Gasteiger partial charge in [0.1, 0.15) is 0 Å². The molecular weight excluding hydrogens is 392 g/mol. The molecule has 0 bridgehead atoms. The maximum absolute atomic E-state index is 12.8. The lowest BCUT2D eigenvalue weighted by atomic mass is 10.0.